The maximum atomic E-state index is 5.34. The van der Waals surface area contributed by atoms with Gasteiger partial charge in [-0.3, -0.25) is 0 Å². The van der Waals surface area contributed by atoms with Crippen molar-refractivity contribution in [2.24, 2.45) is 0 Å². The normalized spacial score (nSPS) is 14.5. The van der Waals surface area contributed by atoms with Crippen LogP contribution in [0.25, 0.3) is 87.5 Å². The van der Waals surface area contributed by atoms with Crippen LogP contribution in [0, 0.1) is 0 Å². The third-order valence-electron chi connectivity index (χ3n) is 11.8. The molecule has 2 heterocycles. The van der Waals surface area contributed by atoms with Crippen LogP contribution in [0.3, 0.4) is 0 Å². The number of nitrogens with zero attached hydrogens (tertiary/aromatic N) is 2. The summed E-state index contributed by atoms with van der Waals surface area (Å²) in [5, 5.41) is 2.60. The number of rotatable bonds is 6. The highest BCUT2D eigenvalue weighted by atomic mass is 32.1. The number of benzene rings is 8. The molecule has 10 aromatic rings. The van der Waals surface area contributed by atoms with Crippen LogP contribution < -0.4 is 0 Å². The van der Waals surface area contributed by atoms with Crippen molar-refractivity contribution in [1.29, 1.82) is 0 Å². The number of hydrogen-bond acceptors (Lipinski definition) is 3. The fourth-order valence-corrected chi connectivity index (χ4v) is 10.3. The molecule has 1 aliphatic rings. The van der Waals surface area contributed by atoms with Crippen LogP contribution in [-0.4, -0.2) is 9.97 Å². The van der Waals surface area contributed by atoms with Crippen LogP contribution in [0.4, 0.5) is 0 Å². The molecule has 0 amide bonds. The molecule has 1 aliphatic carbocycles. The Morgan fingerprint density at radius 1 is 0.386 bits per heavy atom. The molecule has 0 spiro atoms. The third kappa shape index (κ3) is 5.38. The van der Waals surface area contributed by atoms with Crippen LogP contribution in [0.1, 0.15) is 23.6 Å². The molecule has 0 bridgehead atoms. The third-order valence-corrected chi connectivity index (χ3v) is 13.1. The molecule has 1 atom stereocenters. The second kappa shape index (κ2) is 13.4. The van der Waals surface area contributed by atoms with Crippen molar-refractivity contribution in [1.82, 2.24) is 9.97 Å². The average Bonchev–Trinajstić information content (AvgIpc) is 3.80. The first kappa shape index (κ1) is 33.4. The molecule has 3 heteroatoms. The summed E-state index contributed by atoms with van der Waals surface area (Å²) >= 11 is 1.87. The van der Waals surface area contributed by atoms with Gasteiger partial charge in [-0.15, -0.1) is 11.3 Å². The highest BCUT2D eigenvalue weighted by molar-refractivity contribution is 7.26. The molecule has 0 aliphatic heterocycles. The largest absolute Gasteiger partial charge is 0.228 e. The molecule has 0 saturated heterocycles. The summed E-state index contributed by atoms with van der Waals surface area (Å²) in [6.45, 7) is 2.37. The van der Waals surface area contributed by atoms with Crippen LogP contribution in [0.15, 0.2) is 200 Å². The summed E-state index contributed by atoms with van der Waals surface area (Å²) < 4.78 is 2.61. The predicted octanol–water partition coefficient (Wildman–Crippen LogP) is 14.5. The molecule has 2 aromatic heterocycles. The summed E-state index contributed by atoms with van der Waals surface area (Å²) in [6, 6.07) is 72.1. The number of aromatic nitrogens is 2. The van der Waals surface area contributed by atoms with Gasteiger partial charge in [0.2, 0.25) is 0 Å². The molecule has 8 aromatic carbocycles. The zero-order chi connectivity index (χ0) is 37.9. The zero-order valence-corrected chi connectivity index (χ0v) is 32.2. The van der Waals surface area contributed by atoms with Crippen molar-refractivity contribution in [3.05, 3.63) is 217 Å². The predicted molar refractivity (Wildman–Crippen MR) is 240 cm³/mol. The lowest BCUT2D eigenvalue weighted by Gasteiger charge is -2.28. The van der Waals surface area contributed by atoms with Gasteiger partial charge in [-0.1, -0.05) is 182 Å². The van der Waals surface area contributed by atoms with E-state index < -0.39 is 0 Å². The average molecular weight is 745 g/mol. The van der Waals surface area contributed by atoms with E-state index in [2.05, 4.69) is 201 Å². The molecule has 1 unspecified atom stereocenters. The molecule has 57 heavy (non-hydrogen) atoms. The highest BCUT2D eigenvalue weighted by Gasteiger charge is 2.40. The van der Waals surface area contributed by atoms with E-state index in [0.717, 1.165) is 33.6 Å². The van der Waals surface area contributed by atoms with E-state index in [1.54, 1.807) is 0 Å². The molecule has 0 radical (unpaired) electrons. The Morgan fingerprint density at radius 2 is 0.947 bits per heavy atom. The van der Waals surface area contributed by atoms with E-state index in [-0.39, 0.29) is 5.41 Å². The fourth-order valence-electron chi connectivity index (χ4n) is 9.04. The van der Waals surface area contributed by atoms with Gasteiger partial charge in [0, 0.05) is 47.8 Å². The van der Waals surface area contributed by atoms with Gasteiger partial charge in [-0.25, -0.2) is 9.97 Å². The van der Waals surface area contributed by atoms with Gasteiger partial charge in [0.15, 0.2) is 5.82 Å². The number of fused-ring (bicyclic) bond motifs is 6. The molecule has 0 N–H and O–H groups in total. The molecule has 2 nitrogen and oxygen atoms in total. The second-order valence-corrected chi connectivity index (χ2v) is 16.0. The van der Waals surface area contributed by atoms with Crippen molar-refractivity contribution in [3.8, 4) is 67.3 Å². The Morgan fingerprint density at radius 3 is 1.74 bits per heavy atom. The standard InChI is InChI=1S/C54H36N2S/c1-54(37-19-6-3-7-20-37)47-29-14-12-24-41(47)42-32-31-36(33-48(42)54)49-34-50(56-53(55-49)35-17-4-2-5-18-35)43-25-11-10-22-39(43)38-21-8-9-23-40(38)45-27-16-28-46-44-26-13-15-30-51(44)57-52(45)46/h2-34H,1H3. The van der Waals surface area contributed by atoms with Crippen molar-refractivity contribution >= 4 is 31.5 Å². The molecule has 0 saturated carbocycles. The van der Waals surface area contributed by atoms with Gasteiger partial charge in [0.1, 0.15) is 0 Å². The monoisotopic (exact) mass is 744 g/mol. The maximum absolute atomic E-state index is 5.34. The van der Waals surface area contributed by atoms with E-state index in [4.69, 9.17) is 9.97 Å². The first-order chi connectivity index (χ1) is 28.1. The van der Waals surface area contributed by atoms with Gasteiger partial charge in [0.05, 0.1) is 11.4 Å². The minimum Gasteiger partial charge on any atom is -0.228 e. The topological polar surface area (TPSA) is 25.8 Å². The maximum Gasteiger partial charge on any atom is 0.160 e. The van der Waals surface area contributed by atoms with E-state index in [1.165, 1.54) is 64.7 Å². The lowest BCUT2D eigenvalue weighted by molar-refractivity contribution is 0.714. The number of thiophene rings is 1. The van der Waals surface area contributed by atoms with Crippen molar-refractivity contribution in [3.63, 3.8) is 0 Å². The van der Waals surface area contributed by atoms with Crippen molar-refractivity contribution < 1.29 is 0 Å². The summed E-state index contributed by atoms with van der Waals surface area (Å²) in [7, 11) is 0. The van der Waals surface area contributed by atoms with E-state index in [9.17, 15) is 0 Å². The van der Waals surface area contributed by atoms with E-state index in [0.29, 0.717) is 5.82 Å². The van der Waals surface area contributed by atoms with Crippen LogP contribution in [0.2, 0.25) is 0 Å². The second-order valence-electron chi connectivity index (χ2n) is 15.0. The molecule has 11 rings (SSSR count). The van der Waals surface area contributed by atoms with Gasteiger partial charge >= 0.3 is 0 Å². The summed E-state index contributed by atoms with van der Waals surface area (Å²) in [5.41, 5.74) is 15.8. The van der Waals surface area contributed by atoms with Gasteiger partial charge in [-0.2, -0.15) is 0 Å². The quantitative estimate of drug-likeness (QED) is 0.169. The summed E-state index contributed by atoms with van der Waals surface area (Å²) in [6.07, 6.45) is 0. The molecule has 0 fully saturated rings. The highest BCUT2D eigenvalue weighted by Crippen LogP contribution is 2.53. The fraction of sp³-hybridized carbons (Fsp3) is 0.0370. The summed E-state index contributed by atoms with van der Waals surface area (Å²) in [5.74, 6) is 0.704. The van der Waals surface area contributed by atoms with Gasteiger partial charge < -0.3 is 0 Å². The molecular weight excluding hydrogens is 709 g/mol. The lowest BCUT2D eigenvalue weighted by Crippen LogP contribution is -2.22. The van der Waals surface area contributed by atoms with Crippen molar-refractivity contribution in [2.75, 3.05) is 0 Å². The minimum absolute atomic E-state index is 0.311. The van der Waals surface area contributed by atoms with Gasteiger partial charge in [-0.05, 0) is 69.6 Å². The Balaban J connectivity index is 1.10. The zero-order valence-electron chi connectivity index (χ0n) is 31.4. The first-order valence-electron chi connectivity index (χ1n) is 19.5. The Kier molecular flexibility index (Phi) is 7.84. The Bertz CT molecular complexity index is 3140. The SMILES string of the molecule is CC1(c2ccccc2)c2ccccc2-c2ccc(-c3cc(-c4ccccc4-c4ccccc4-c4cccc5c4sc4ccccc45)nc(-c4ccccc4)n3)cc21. The smallest absolute Gasteiger partial charge is 0.160 e. The Labute approximate surface area is 336 Å². The molecular formula is C54H36N2S. The first-order valence-corrected chi connectivity index (χ1v) is 20.3. The Hall–Kier alpha value is -6.94. The van der Waals surface area contributed by atoms with Crippen LogP contribution >= 0.6 is 11.3 Å². The van der Waals surface area contributed by atoms with E-state index in [1.807, 2.05) is 17.4 Å². The van der Waals surface area contributed by atoms with Crippen LogP contribution in [0.5, 0.6) is 0 Å². The number of hydrogen-bond donors (Lipinski definition) is 0. The van der Waals surface area contributed by atoms with Crippen molar-refractivity contribution in [2.45, 2.75) is 12.3 Å². The van der Waals surface area contributed by atoms with Gasteiger partial charge in [0.25, 0.3) is 0 Å². The molecule has 268 valence electrons. The van der Waals surface area contributed by atoms with Crippen LogP contribution in [-0.2, 0) is 5.41 Å². The lowest BCUT2D eigenvalue weighted by atomic mass is 9.74. The minimum atomic E-state index is -0.311. The van der Waals surface area contributed by atoms with E-state index >= 15 is 0 Å². The summed E-state index contributed by atoms with van der Waals surface area (Å²) in [4.78, 5) is 10.6.